The van der Waals surface area contributed by atoms with Crippen molar-refractivity contribution in [2.45, 2.75) is 38.1 Å². The molecule has 0 spiro atoms. The highest BCUT2D eigenvalue weighted by atomic mass is 32.2. The second-order valence-electron chi connectivity index (χ2n) is 6.44. The number of carbonyl (C=O) groups excluding carboxylic acids is 1. The molecule has 0 atom stereocenters. The van der Waals surface area contributed by atoms with Gasteiger partial charge in [0.2, 0.25) is 15.9 Å². The molecule has 146 valence electrons. The molecule has 0 bridgehead atoms. The molecule has 1 fully saturated rings. The van der Waals surface area contributed by atoms with Crippen LogP contribution in [-0.4, -0.2) is 57.7 Å². The fourth-order valence-electron chi connectivity index (χ4n) is 3.14. The number of sulfonamides is 1. The van der Waals surface area contributed by atoms with Crippen LogP contribution in [0.3, 0.4) is 0 Å². The maximum atomic E-state index is 12.0. The predicted molar refractivity (Wildman–Crippen MR) is 99.9 cm³/mol. The number of ether oxygens (including phenoxy) is 2. The van der Waals surface area contributed by atoms with Crippen LogP contribution in [-0.2, 0) is 14.8 Å². The third kappa shape index (κ3) is 6.49. The number of rotatable bonds is 10. The van der Waals surface area contributed by atoms with Gasteiger partial charge >= 0.3 is 0 Å². The number of nitrogens with zero attached hydrogens (tertiary/aromatic N) is 1. The molecule has 1 aromatic rings. The van der Waals surface area contributed by atoms with Gasteiger partial charge in [-0.05, 0) is 37.1 Å². The average molecular weight is 384 g/mol. The highest BCUT2D eigenvalue weighted by molar-refractivity contribution is 7.88. The minimum Gasteiger partial charge on any atom is -0.497 e. The van der Waals surface area contributed by atoms with Gasteiger partial charge in [-0.15, -0.1) is 0 Å². The molecule has 1 aliphatic carbocycles. The third-order valence-corrected chi connectivity index (χ3v) is 5.80. The van der Waals surface area contributed by atoms with Crippen LogP contribution in [0.5, 0.6) is 11.5 Å². The smallest absolute Gasteiger partial charge is 0.221 e. The van der Waals surface area contributed by atoms with E-state index in [4.69, 9.17) is 9.47 Å². The monoisotopic (exact) mass is 384 g/mol. The Bertz CT molecular complexity index is 669. The first-order valence-corrected chi connectivity index (χ1v) is 10.8. The number of nitrogens with one attached hydrogen (secondary N) is 1. The van der Waals surface area contributed by atoms with Gasteiger partial charge in [-0.1, -0.05) is 12.8 Å². The molecule has 0 aliphatic heterocycles. The van der Waals surface area contributed by atoms with E-state index in [-0.39, 0.29) is 24.9 Å². The summed E-state index contributed by atoms with van der Waals surface area (Å²) in [6, 6.07) is 7.24. The molecule has 1 saturated carbocycles. The first-order valence-electron chi connectivity index (χ1n) is 8.90. The fourth-order valence-corrected chi connectivity index (χ4v) is 4.32. The van der Waals surface area contributed by atoms with Crippen LogP contribution >= 0.6 is 0 Å². The first-order chi connectivity index (χ1) is 12.4. The molecule has 1 N–H and O–H groups in total. The van der Waals surface area contributed by atoms with Crippen molar-refractivity contribution in [1.29, 1.82) is 0 Å². The summed E-state index contributed by atoms with van der Waals surface area (Å²) in [4.78, 5) is 12.0. The van der Waals surface area contributed by atoms with Crippen LogP contribution < -0.4 is 14.8 Å². The first kappa shape index (κ1) is 20.5. The predicted octanol–water partition coefficient (Wildman–Crippen LogP) is 1.78. The Balaban J connectivity index is 1.68. The van der Waals surface area contributed by atoms with Crippen molar-refractivity contribution in [3.63, 3.8) is 0 Å². The standard InChI is InChI=1S/C18H28N2O5S/c1-24-16-7-9-17(10-8-16)25-14-12-19-18(21)11-13-20(26(2,22)23)15-5-3-4-6-15/h7-10,15H,3-6,11-14H2,1-2H3,(H,19,21). The van der Waals surface area contributed by atoms with Gasteiger partial charge in [0.15, 0.2) is 0 Å². The van der Waals surface area contributed by atoms with E-state index in [0.717, 1.165) is 31.4 Å². The van der Waals surface area contributed by atoms with Crippen LogP contribution in [0.2, 0.25) is 0 Å². The number of hydrogen-bond acceptors (Lipinski definition) is 5. The minimum atomic E-state index is -3.29. The molecule has 7 nitrogen and oxygen atoms in total. The molecule has 0 saturated heterocycles. The van der Waals surface area contributed by atoms with Gasteiger partial charge in [0.1, 0.15) is 18.1 Å². The van der Waals surface area contributed by atoms with E-state index in [1.54, 1.807) is 31.4 Å². The number of methoxy groups -OCH3 is 1. The van der Waals surface area contributed by atoms with Crippen LogP contribution in [0, 0.1) is 0 Å². The average Bonchev–Trinajstić information content (AvgIpc) is 3.12. The second kappa shape index (κ2) is 9.78. The second-order valence-corrected chi connectivity index (χ2v) is 8.37. The summed E-state index contributed by atoms with van der Waals surface area (Å²) in [6.45, 7) is 0.943. The number of amides is 1. The Labute approximate surface area is 155 Å². The van der Waals surface area contributed by atoms with E-state index in [1.165, 1.54) is 10.6 Å². The Morgan fingerprint density at radius 3 is 2.38 bits per heavy atom. The topological polar surface area (TPSA) is 84.9 Å². The fraction of sp³-hybridized carbons (Fsp3) is 0.611. The summed E-state index contributed by atoms with van der Waals surface area (Å²) in [7, 11) is -1.69. The van der Waals surface area contributed by atoms with Crippen LogP contribution in [0.15, 0.2) is 24.3 Å². The van der Waals surface area contributed by atoms with Gasteiger partial charge in [-0.2, -0.15) is 4.31 Å². The summed E-state index contributed by atoms with van der Waals surface area (Å²) in [5, 5.41) is 2.76. The van der Waals surface area contributed by atoms with Gasteiger partial charge in [0.25, 0.3) is 0 Å². The molecule has 26 heavy (non-hydrogen) atoms. The van der Waals surface area contributed by atoms with Crippen LogP contribution in [0.1, 0.15) is 32.1 Å². The van der Waals surface area contributed by atoms with Crippen molar-refractivity contribution in [2.75, 3.05) is 33.1 Å². The van der Waals surface area contributed by atoms with E-state index in [0.29, 0.717) is 18.9 Å². The number of carbonyl (C=O) groups is 1. The van der Waals surface area contributed by atoms with Gasteiger partial charge in [0.05, 0.1) is 19.9 Å². The van der Waals surface area contributed by atoms with Gasteiger partial charge in [-0.25, -0.2) is 8.42 Å². The Kier molecular flexibility index (Phi) is 7.71. The molecule has 1 aromatic carbocycles. The molecular formula is C18H28N2O5S. The normalized spacial score (nSPS) is 15.2. The minimum absolute atomic E-state index is 0.0382. The summed E-state index contributed by atoms with van der Waals surface area (Å²) in [5.74, 6) is 1.28. The highest BCUT2D eigenvalue weighted by Gasteiger charge is 2.29. The molecular weight excluding hydrogens is 356 g/mol. The van der Waals surface area contributed by atoms with Crippen LogP contribution in [0.25, 0.3) is 0 Å². The summed E-state index contributed by atoms with van der Waals surface area (Å²) >= 11 is 0. The van der Waals surface area contributed by atoms with Crippen LogP contribution in [0.4, 0.5) is 0 Å². The molecule has 0 heterocycles. The van der Waals surface area contributed by atoms with E-state index >= 15 is 0 Å². The molecule has 2 rings (SSSR count). The zero-order valence-electron chi connectivity index (χ0n) is 15.4. The van der Waals surface area contributed by atoms with E-state index in [9.17, 15) is 13.2 Å². The molecule has 0 radical (unpaired) electrons. The largest absolute Gasteiger partial charge is 0.497 e. The summed E-state index contributed by atoms with van der Waals surface area (Å²) in [5.41, 5.74) is 0. The Hall–Kier alpha value is -1.80. The summed E-state index contributed by atoms with van der Waals surface area (Å²) in [6.07, 6.45) is 5.23. The van der Waals surface area contributed by atoms with Crippen molar-refractivity contribution >= 4 is 15.9 Å². The summed E-state index contributed by atoms with van der Waals surface area (Å²) < 4.78 is 36.0. The molecule has 1 amide bonds. The Morgan fingerprint density at radius 2 is 1.81 bits per heavy atom. The highest BCUT2D eigenvalue weighted by Crippen LogP contribution is 2.25. The SMILES string of the molecule is COc1ccc(OCCNC(=O)CCN(C2CCCC2)S(C)(=O)=O)cc1. The van der Waals surface area contributed by atoms with Crippen molar-refractivity contribution in [2.24, 2.45) is 0 Å². The lowest BCUT2D eigenvalue weighted by Gasteiger charge is -2.26. The van der Waals surface area contributed by atoms with Gasteiger partial charge in [0, 0.05) is 19.0 Å². The van der Waals surface area contributed by atoms with Gasteiger partial charge in [-0.3, -0.25) is 4.79 Å². The van der Waals surface area contributed by atoms with Gasteiger partial charge < -0.3 is 14.8 Å². The van der Waals surface area contributed by atoms with Crippen molar-refractivity contribution in [1.82, 2.24) is 9.62 Å². The Morgan fingerprint density at radius 1 is 1.19 bits per heavy atom. The lowest BCUT2D eigenvalue weighted by Crippen LogP contribution is -2.41. The molecule has 8 heteroatoms. The quantitative estimate of drug-likeness (QED) is 0.622. The molecule has 0 aromatic heterocycles. The van der Waals surface area contributed by atoms with Crippen molar-refractivity contribution < 1.29 is 22.7 Å². The van der Waals surface area contributed by atoms with Crippen molar-refractivity contribution in [3.8, 4) is 11.5 Å². The maximum absolute atomic E-state index is 12.0. The lowest BCUT2D eigenvalue weighted by molar-refractivity contribution is -0.121. The lowest BCUT2D eigenvalue weighted by atomic mass is 10.2. The molecule has 1 aliphatic rings. The zero-order chi connectivity index (χ0) is 19.0. The number of hydrogen-bond donors (Lipinski definition) is 1. The van der Waals surface area contributed by atoms with E-state index < -0.39 is 10.0 Å². The van der Waals surface area contributed by atoms with Crippen molar-refractivity contribution in [3.05, 3.63) is 24.3 Å². The van der Waals surface area contributed by atoms with E-state index in [2.05, 4.69) is 5.32 Å². The number of benzene rings is 1. The third-order valence-electron chi connectivity index (χ3n) is 4.47. The maximum Gasteiger partial charge on any atom is 0.221 e. The van der Waals surface area contributed by atoms with E-state index in [1.807, 2.05) is 0 Å². The molecule has 0 unspecified atom stereocenters. The zero-order valence-corrected chi connectivity index (χ0v) is 16.3.